The lowest BCUT2D eigenvalue weighted by atomic mass is 10.1. The van der Waals surface area contributed by atoms with E-state index in [4.69, 9.17) is 4.74 Å². The van der Waals surface area contributed by atoms with Crippen LogP contribution in [0.3, 0.4) is 0 Å². The molecule has 0 unspecified atom stereocenters. The second-order valence-electron chi connectivity index (χ2n) is 4.93. The first-order valence-electron chi connectivity index (χ1n) is 7.45. The summed E-state index contributed by atoms with van der Waals surface area (Å²) in [6, 6.07) is 9.65. The van der Waals surface area contributed by atoms with E-state index in [0.29, 0.717) is 5.56 Å². The third-order valence-electron chi connectivity index (χ3n) is 3.31. The van der Waals surface area contributed by atoms with Crippen molar-refractivity contribution in [1.82, 2.24) is 9.78 Å². The van der Waals surface area contributed by atoms with Gasteiger partial charge in [-0.05, 0) is 6.92 Å². The van der Waals surface area contributed by atoms with E-state index in [-0.39, 0.29) is 29.5 Å². The quantitative estimate of drug-likeness (QED) is 0.728. The van der Waals surface area contributed by atoms with Gasteiger partial charge in [-0.2, -0.15) is 5.10 Å². The summed E-state index contributed by atoms with van der Waals surface area (Å²) in [7, 11) is -3.65. The molecule has 0 atom stereocenters. The zero-order chi connectivity index (χ0) is 17.7. The van der Waals surface area contributed by atoms with Crippen molar-refractivity contribution < 1.29 is 17.9 Å². The van der Waals surface area contributed by atoms with Crippen LogP contribution in [0.2, 0.25) is 0 Å². The maximum absolute atomic E-state index is 12.3. The minimum atomic E-state index is -3.65. The Morgan fingerprint density at radius 2 is 1.88 bits per heavy atom. The topological polar surface area (TPSA) is 95.3 Å². The molecule has 0 amide bonds. The largest absolute Gasteiger partial charge is 0.465 e. The van der Waals surface area contributed by atoms with Crippen molar-refractivity contribution >= 4 is 15.8 Å². The van der Waals surface area contributed by atoms with Crippen molar-refractivity contribution in [3.8, 4) is 11.3 Å². The lowest BCUT2D eigenvalue weighted by molar-refractivity contribution is -0.144. The maximum atomic E-state index is 12.3. The molecule has 0 radical (unpaired) electrons. The van der Waals surface area contributed by atoms with Crippen LogP contribution in [0.5, 0.6) is 0 Å². The van der Waals surface area contributed by atoms with Gasteiger partial charge in [0.2, 0.25) is 0 Å². The SMILES string of the molecule is CCOC(=O)Cn1nc(-c2ccccc2)c(S(=O)(=O)CC)cc1=O. The number of esters is 1. The third-order valence-corrected chi connectivity index (χ3v) is 5.05. The van der Waals surface area contributed by atoms with Gasteiger partial charge >= 0.3 is 5.97 Å². The average Bonchev–Trinajstić information content (AvgIpc) is 2.57. The second kappa shape index (κ2) is 7.39. The van der Waals surface area contributed by atoms with Crippen LogP contribution in [0.15, 0.2) is 46.1 Å². The molecule has 8 heteroatoms. The molecule has 1 heterocycles. The highest BCUT2D eigenvalue weighted by Gasteiger charge is 2.22. The number of ether oxygens (including phenoxy) is 1. The summed E-state index contributed by atoms with van der Waals surface area (Å²) >= 11 is 0. The first-order chi connectivity index (χ1) is 11.4. The van der Waals surface area contributed by atoms with E-state index in [1.54, 1.807) is 37.3 Å². The smallest absolute Gasteiger partial charge is 0.327 e. The number of sulfone groups is 1. The number of hydrogen-bond acceptors (Lipinski definition) is 6. The van der Waals surface area contributed by atoms with Gasteiger partial charge in [-0.25, -0.2) is 13.1 Å². The molecule has 0 saturated carbocycles. The van der Waals surface area contributed by atoms with Crippen molar-refractivity contribution in [2.45, 2.75) is 25.3 Å². The molecule has 1 aromatic carbocycles. The van der Waals surface area contributed by atoms with E-state index in [1.165, 1.54) is 6.92 Å². The molecule has 128 valence electrons. The van der Waals surface area contributed by atoms with Crippen LogP contribution in [0, 0.1) is 0 Å². The number of nitrogens with zero attached hydrogens (tertiary/aromatic N) is 2. The first kappa shape index (κ1) is 17.9. The Morgan fingerprint density at radius 3 is 2.46 bits per heavy atom. The first-order valence-corrected chi connectivity index (χ1v) is 9.10. The third kappa shape index (κ3) is 3.88. The Hall–Kier alpha value is -2.48. The molecular formula is C16H18N2O5S. The molecule has 0 fully saturated rings. The molecule has 1 aromatic heterocycles. The van der Waals surface area contributed by atoms with Crippen molar-refractivity contribution in [3.05, 3.63) is 46.8 Å². The average molecular weight is 350 g/mol. The van der Waals surface area contributed by atoms with Crippen molar-refractivity contribution in [2.24, 2.45) is 0 Å². The Labute approximate surface area is 139 Å². The highest BCUT2D eigenvalue weighted by Crippen LogP contribution is 2.24. The Kier molecular flexibility index (Phi) is 5.50. The van der Waals surface area contributed by atoms with Crippen LogP contribution < -0.4 is 5.56 Å². The van der Waals surface area contributed by atoms with Gasteiger partial charge in [-0.1, -0.05) is 37.3 Å². The number of benzene rings is 1. The van der Waals surface area contributed by atoms with E-state index < -0.39 is 21.4 Å². The summed E-state index contributed by atoms with van der Waals surface area (Å²) < 4.78 is 30.3. The zero-order valence-corrected chi connectivity index (χ0v) is 14.2. The molecule has 2 aromatic rings. The standard InChI is InChI=1S/C16H18N2O5S/c1-3-23-15(20)11-18-14(19)10-13(24(21,22)4-2)16(17-18)12-8-6-5-7-9-12/h5-10H,3-4,11H2,1-2H3. The number of aromatic nitrogens is 2. The lowest BCUT2D eigenvalue weighted by Gasteiger charge is -2.11. The summed E-state index contributed by atoms with van der Waals surface area (Å²) in [6.07, 6.45) is 0. The van der Waals surface area contributed by atoms with Crippen LogP contribution in [0.1, 0.15) is 13.8 Å². The molecule has 24 heavy (non-hydrogen) atoms. The fourth-order valence-corrected chi connectivity index (χ4v) is 3.15. The summed E-state index contributed by atoms with van der Waals surface area (Å²) in [5.74, 6) is -0.771. The van der Waals surface area contributed by atoms with Gasteiger partial charge in [0.25, 0.3) is 5.56 Å². The van der Waals surface area contributed by atoms with E-state index in [1.807, 2.05) is 0 Å². The normalized spacial score (nSPS) is 11.2. The van der Waals surface area contributed by atoms with E-state index in [9.17, 15) is 18.0 Å². The number of rotatable bonds is 6. The Balaban J connectivity index is 2.64. The molecular weight excluding hydrogens is 332 g/mol. The monoisotopic (exact) mass is 350 g/mol. The number of hydrogen-bond donors (Lipinski definition) is 0. The van der Waals surface area contributed by atoms with Crippen molar-refractivity contribution in [3.63, 3.8) is 0 Å². The van der Waals surface area contributed by atoms with Crippen molar-refractivity contribution in [1.29, 1.82) is 0 Å². The van der Waals surface area contributed by atoms with Gasteiger partial charge in [-0.15, -0.1) is 0 Å². The number of carbonyl (C=O) groups excluding carboxylic acids is 1. The van der Waals surface area contributed by atoms with Crippen LogP contribution in [-0.2, 0) is 25.9 Å². The Morgan fingerprint density at radius 1 is 1.21 bits per heavy atom. The summed E-state index contributed by atoms with van der Waals surface area (Å²) in [4.78, 5) is 23.6. The van der Waals surface area contributed by atoms with Gasteiger partial charge in [-0.3, -0.25) is 9.59 Å². The minimum absolute atomic E-state index is 0.138. The van der Waals surface area contributed by atoms with Crippen LogP contribution in [0.25, 0.3) is 11.3 Å². The van der Waals surface area contributed by atoms with Gasteiger partial charge in [0.15, 0.2) is 9.84 Å². The molecule has 0 aliphatic carbocycles. The molecule has 7 nitrogen and oxygen atoms in total. The molecule has 0 aliphatic rings. The predicted molar refractivity (Wildman–Crippen MR) is 88.3 cm³/mol. The maximum Gasteiger partial charge on any atom is 0.327 e. The van der Waals surface area contributed by atoms with Crippen LogP contribution in [0.4, 0.5) is 0 Å². The molecule has 0 bridgehead atoms. The van der Waals surface area contributed by atoms with Gasteiger partial charge in [0, 0.05) is 11.6 Å². The fourth-order valence-electron chi connectivity index (χ4n) is 2.11. The molecule has 0 N–H and O–H groups in total. The van der Waals surface area contributed by atoms with Gasteiger partial charge < -0.3 is 4.74 Å². The summed E-state index contributed by atoms with van der Waals surface area (Å²) in [5, 5.41) is 4.10. The summed E-state index contributed by atoms with van der Waals surface area (Å²) in [5.41, 5.74) is 0.0123. The molecule has 0 spiro atoms. The Bertz CT molecular complexity index is 888. The van der Waals surface area contributed by atoms with E-state index in [2.05, 4.69) is 5.10 Å². The zero-order valence-electron chi connectivity index (χ0n) is 13.4. The fraction of sp³-hybridized carbons (Fsp3) is 0.312. The molecule has 0 aliphatic heterocycles. The van der Waals surface area contributed by atoms with Crippen LogP contribution in [-0.4, -0.2) is 36.5 Å². The molecule has 0 saturated heterocycles. The second-order valence-corrected chi connectivity index (χ2v) is 7.17. The van der Waals surface area contributed by atoms with E-state index >= 15 is 0 Å². The predicted octanol–water partition coefficient (Wildman–Crippen LogP) is 1.27. The number of carbonyl (C=O) groups is 1. The minimum Gasteiger partial charge on any atom is -0.465 e. The summed E-state index contributed by atoms with van der Waals surface area (Å²) in [6.45, 7) is 2.95. The van der Waals surface area contributed by atoms with Crippen LogP contribution >= 0.6 is 0 Å². The molecule has 2 rings (SSSR count). The highest BCUT2D eigenvalue weighted by atomic mass is 32.2. The van der Waals surface area contributed by atoms with Gasteiger partial charge in [0.1, 0.15) is 17.1 Å². The lowest BCUT2D eigenvalue weighted by Crippen LogP contribution is -2.29. The van der Waals surface area contributed by atoms with Crippen molar-refractivity contribution in [2.75, 3.05) is 12.4 Å². The van der Waals surface area contributed by atoms with E-state index in [0.717, 1.165) is 10.7 Å². The highest BCUT2D eigenvalue weighted by molar-refractivity contribution is 7.91. The van der Waals surface area contributed by atoms with Gasteiger partial charge in [0.05, 0.1) is 12.4 Å².